The van der Waals surface area contributed by atoms with Gasteiger partial charge in [-0.1, -0.05) is 50.6 Å². The van der Waals surface area contributed by atoms with E-state index in [-0.39, 0.29) is 17.4 Å². The Morgan fingerprint density at radius 3 is 2.30 bits per heavy atom. The summed E-state index contributed by atoms with van der Waals surface area (Å²) in [4.78, 5) is 27.3. The van der Waals surface area contributed by atoms with Gasteiger partial charge in [0.05, 0.1) is 17.6 Å². The molecule has 0 spiro atoms. The number of hydrogen-bond donors (Lipinski definition) is 2. The first kappa shape index (κ1) is 27.2. The highest BCUT2D eigenvalue weighted by molar-refractivity contribution is 5.99. The van der Waals surface area contributed by atoms with Gasteiger partial charge in [-0.05, 0) is 74.1 Å². The third-order valence-electron chi connectivity index (χ3n) is 7.37. The molecule has 2 aromatic carbocycles. The standard InChI is InChI=1S/C32H37N5O3/c1-22-7-13-26(14-8-22)37-29(21-28(35-37)32(2,3)4)34-31(39)33-25-11-9-23(10-12-25)20-24-15-17-36(18-16-24)30(38)27-6-5-19-40-27/h5-14,19,21,24H,15-18,20H2,1-4H3,(H2,33,34,39). The molecule has 3 amide bonds. The van der Waals surface area contributed by atoms with Gasteiger partial charge in [-0.2, -0.15) is 5.10 Å². The lowest BCUT2D eigenvalue weighted by atomic mass is 9.90. The Labute approximate surface area is 235 Å². The van der Waals surface area contributed by atoms with Gasteiger partial charge in [0.2, 0.25) is 0 Å². The van der Waals surface area contributed by atoms with Crippen LogP contribution in [0.15, 0.2) is 77.4 Å². The highest BCUT2D eigenvalue weighted by Crippen LogP contribution is 2.27. The van der Waals surface area contributed by atoms with Crippen molar-refractivity contribution in [3.05, 3.63) is 95.6 Å². The van der Waals surface area contributed by atoms with Gasteiger partial charge in [0.15, 0.2) is 5.76 Å². The van der Waals surface area contributed by atoms with E-state index in [1.807, 2.05) is 54.3 Å². The molecule has 2 aromatic heterocycles. The van der Waals surface area contributed by atoms with E-state index in [2.05, 4.69) is 43.5 Å². The Hall–Kier alpha value is -4.33. The number of aromatic nitrogens is 2. The number of hydrogen-bond acceptors (Lipinski definition) is 4. The summed E-state index contributed by atoms with van der Waals surface area (Å²) in [6.45, 7) is 9.82. The lowest BCUT2D eigenvalue weighted by molar-refractivity contribution is 0.0658. The molecule has 0 saturated carbocycles. The van der Waals surface area contributed by atoms with E-state index in [9.17, 15) is 9.59 Å². The molecule has 40 heavy (non-hydrogen) atoms. The van der Waals surface area contributed by atoms with E-state index < -0.39 is 0 Å². The van der Waals surface area contributed by atoms with Crippen LogP contribution in [0.2, 0.25) is 0 Å². The summed E-state index contributed by atoms with van der Waals surface area (Å²) < 4.78 is 7.03. The van der Waals surface area contributed by atoms with Crippen LogP contribution in [0, 0.1) is 12.8 Å². The monoisotopic (exact) mass is 539 g/mol. The predicted molar refractivity (Wildman–Crippen MR) is 157 cm³/mol. The van der Waals surface area contributed by atoms with E-state index in [1.54, 1.807) is 16.8 Å². The number of nitrogens with one attached hydrogen (secondary N) is 2. The number of aryl methyl sites for hydroxylation is 1. The van der Waals surface area contributed by atoms with Crippen LogP contribution < -0.4 is 10.6 Å². The molecule has 5 rings (SSSR count). The van der Waals surface area contributed by atoms with Gasteiger partial charge >= 0.3 is 6.03 Å². The molecule has 3 heterocycles. The molecule has 1 aliphatic rings. The number of furan rings is 1. The van der Waals surface area contributed by atoms with Crippen molar-refractivity contribution in [2.45, 2.75) is 52.4 Å². The first-order valence-electron chi connectivity index (χ1n) is 13.8. The Morgan fingerprint density at radius 2 is 1.68 bits per heavy atom. The molecule has 1 saturated heterocycles. The van der Waals surface area contributed by atoms with Crippen LogP contribution >= 0.6 is 0 Å². The summed E-state index contributed by atoms with van der Waals surface area (Å²) in [6.07, 6.45) is 4.40. The van der Waals surface area contributed by atoms with Crippen LogP contribution in [0.5, 0.6) is 0 Å². The smallest absolute Gasteiger partial charge is 0.324 e. The minimum absolute atomic E-state index is 0.0336. The van der Waals surface area contributed by atoms with E-state index in [4.69, 9.17) is 9.52 Å². The Morgan fingerprint density at radius 1 is 0.975 bits per heavy atom. The summed E-state index contributed by atoms with van der Waals surface area (Å²) in [5.41, 5.74) is 4.71. The number of urea groups is 1. The second-order valence-corrected chi connectivity index (χ2v) is 11.6. The van der Waals surface area contributed by atoms with Crippen molar-refractivity contribution in [3.63, 3.8) is 0 Å². The fraction of sp³-hybridized carbons (Fsp3) is 0.344. The van der Waals surface area contributed by atoms with Crippen molar-refractivity contribution in [1.29, 1.82) is 0 Å². The molecule has 0 bridgehead atoms. The maximum Gasteiger partial charge on any atom is 0.324 e. The Bertz CT molecular complexity index is 1440. The summed E-state index contributed by atoms with van der Waals surface area (Å²) in [7, 11) is 0. The molecule has 0 radical (unpaired) electrons. The van der Waals surface area contributed by atoms with Crippen LogP contribution in [0.4, 0.5) is 16.3 Å². The zero-order valence-electron chi connectivity index (χ0n) is 23.6. The molecule has 0 unspecified atom stereocenters. The number of anilines is 2. The van der Waals surface area contributed by atoms with Crippen LogP contribution in [-0.4, -0.2) is 39.7 Å². The van der Waals surface area contributed by atoms with Gasteiger partial charge in [-0.25, -0.2) is 9.48 Å². The highest BCUT2D eigenvalue weighted by atomic mass is 16.3. The molecular formula is C32H37N5O3. The summed E-state index contributed by atoms with van der Waals surface area (Å²) >= 11 is 0. The molecule has 8 heteroatoms. The number of nitrogens with zero attached hydrogens (tertiary/aromatic N) is 3. The van der Waals surface area contributed by atoms with Crippen molar-refractivity contribution in [2.24, 2.45) is 5.92 Å². The molecular weight excluding hydrogens is 502 g/mol. The fourth-order valence-corrected chi connectivity index (χ4v) is 4.95. The maximum absolute atomic E-state index is 12.9. The summed E-state index contributed by atoms with van der Waals surface area (Å²) in [5, 5.41) is 10.7. The van der Waals surface area contributed by atoms with Crippen molar-refractivity contribution in [3.8, 4) is 5.69 Å². The van der Waals surface area contributed by atoms with Crippen LogP contribution in [0.25, 0.3) is 5.69 Å². The van der Waals surface area contributed by atoms with Crippen LogP contribution in [0.1, 0.15) is 61.0 Å². The van der Waals surface area contributed by atoms with Gasteiger partial charge in [-0.15, -0.1) is 0 Å². The fourth-order valence-electron chi connectivity index (χ4n) is 4.95. The van der Waals surface area contributed by atoms with Crippen molar-refractivity contribution in [1.82, 2.24) is 14.7 Å². The zero-order valence-corrected chi connectivity index (χ0v) is 23.6. The van der Waals surface area contributed by atoms with E-state index in [0.29, 0.717) is 17.5 Å². The molecule has 8 nitrogen and oxygen atoms in total. The van der Waals surface area contributed by atoms with Gasteiger partial charge in [0, 0.05) is 30.3 Å². The number of carbonyl (C=O) groups is 2. The molecule has 0 aliphatic carbocycles. The topological polar surface area (TPSA) is 92.4 Å². The molecule has 1 aliphatic heterocycles. The normalized spacial score (nSPS) is 14.2. The van der Waals surface area contributed by atoms with Crippen molar-refractivity contribution in [2.75, 3.05) is 23.7 Å². The lowest BCUT2D eigenvalue weighted by Crippen LogP contribution is -2.38. The van der Waals surface area contributed by atoms with Gasteiger partial charge < -0.3 is 14.6 Å². The summed E-state index contributed by atoms with van der Waals surface area (Å²) in [6, 6.07) is 21.1. The highest BCUT2D eigenvalue weighted by Gasteiger charge is 2.25. The molecule has 0 atom stereocenters. The number of benzene rings is 2. The Kier molecular flexibility index (Phi) is 7.78. The van der Waals surface area contributed by atoms with Crippen LogP contribution in [0.3, 0.4) is 0 Å². The first-order valence-corrected chi connectivity index (χ1v) is 13.8. The second kappa shape index (κ2) is 11.4. The number of likely N-dealkylation sites (tertiary alicyclic amines) is 1. The average Bonchev–Trinajstić information content (AvgIpc) is 3.61. The molecule has 1 fully saturated rings. The largest absolute Gasteiger partial charge is 0.459 e. The Balaban J connectivity index is 1.17. The second-order valence-electron chi connectivity index (χ2n) is 11.6. The zero-order chi connectivity index (χ0) is 28.3. The average molecular weight is 540 g/mol. The van der Waals surface area contributed by atoms with Gasteiger partial charge in [-0.3, -0.25) is 10.1 Å². The van der Waals surface area contributed by atoms with Crippen molar-refractivity contribution < 1.29 is 14.0 Å². The number of piperidine rings is 1. The van der Waals surface area contributed by atoms with Crippen molar-refractivity contribution >= 4 is 23.4 Å². The first-order chi connectivity index (χ1) is 19.2. The molecule has 2 N–H and O–H groups in total. The van der Waals surface area contributed by atoms with E-state index in [1.165, 1.54) is 11.8 Å². The number of amides is 3. The van der Waals surface area contributed by atoms with Gasteiger partial charge in [0.1, 0.15) is 5.82 Å². The lowest BCUT2D eigenvalue weighted by Gasteiger charge is -2.31. The van der Waals surface area contributed by atoms with E-state index >= 15 is 0 Å². The SMILES string of the molecule is Cc1ccc(-n2nc(C(C)(C)C)cc2NC(=O)Nc2ccc(CC3CCN(C(=O)c4ccco4)CC3)cc2)cc1. The van der Waals surface area contributed by atoms with Crippen LogP contribution in [-0.2, 0) is 11.8 Å². The molecule has 208 valence electrons. The number of rotatable bonds is 6. The van der Waals surface area contributed by atoms with E-state index in [0.717, 1.165) is 55.0 Å². The van der Waals surface area contributed by atoms with Gasteiger partial charge in [0.25, 0.3) is 5.91 Å². The predicted octanol–water partition coefficient (Wildman–Crippen LogP) is 6.81. The quantitative estimate of drug-likeness (QED) is 0.282. The minimum atomic E-state index is -0.324. The molecule has 4 aromatic rings. The third kappa shape index (κ3) is 6.45. The minimum Gasteiger partial charge on any atom is -0.459 e. The maximum atomic E-state index is 12.9. The summed E-state index contributed by atoms with van der Waals surface area (Å²) in [5.74, 6) is 1.50. The number of carbonyl (C=O) groups excluding carboxylic acids is 2. The third-order valence-corrected chi connectivity index (χ3v) is 7.37.